The molecule has 1 aromatic rings. The standard InChI is InChI=1S/C20H32O4Si/c1-15(2)11-10-14-23-18(21)16-12-8-9-13-17(16)19(22)24-25(6,7)20(3,4)5/h8-9,12-13,15H,10-11,14H2,1-7H3. The lowest BCUT2D eigenvalue weighted by molar-refractivity contribution is 0.0485. The molecule has 0 atom stereocenters. The van der Waals surface area contributed by atoms with Crippen LogP contribution in [0.2, 0.25) is 18.1 Å². The minimum Gasteiger partial charge on any atom is -0.516 e. The van der Waals surface area contributed by atoms with Crippen molar-refractivity contribution in [2.75, 3.05) is 6.61 Å². The summed E-state index contributed by atoms with van der Waals surface area (Å²) in [6.07, 6.45) is 1.82. The van der Waals surface area contributed by atoms with Gasteiger partial charge < -0.3 is 9.16 Å². The molecule has 0 aliphatic carbocycles. The quantitative estimate of drug-likeness (QED) is 0.367. The summed E-state index contributed by atoms with van der Waals surface area (Å²) in [7, 11) is -2.25. The maximum atomic E-state index is 12.7. The largest absolute Gasteiger partial charge is 0.516 e. The maximum Gasteiger partial charge on any atom is 0.339 e. The monoisotopic (exact) mass is 364 g/mol. The van der Waals surface area contributed by atoms with Crippen LogP contribution < -0.4 is 0 Å². The zero-order chi connectivity index (χ0) is 19.3. The molecule has 0 aliphatic heterocycles. The van der Waals surface area contributed by atoms with Crippen LogP contribution in [0.3, 0.4) is 0 Å². The summed E-state index contributed by atoms with van der Waals surface area (Å²) in [5.74, 6) is -0.335. The highest BCUT2D eigenvalue weighted by Crippen LogP contribution is 2.37. The van der Waals surface area contributed by atoms with Crippen LogP contribution in [0.1, 0.15) is 68.2 Å². The molecule has 0 saturated heterocycles. The van der Waals surface area contributed by atoms with E-state index >= 15 is 0 Å². The van der Waals surface area contributed by atoms with Gasteiger partial charge in [-0.1, -0.05) is 46.8 Å². The van der Waals surface area contributed by atoms with E-state index in [1.54, 1.807) is 24.3 Å². The minimum absolute atomic E-state index is 0.0883. The van der Waals surface area contributed by atoms with Gasteiger partial charge in [0.15, 0.2) is 0 Å². The molecule has 0 amide bonds. The van der Waals surface area contributed by atoms with Crippen molar-refractivity contribution < 1.29 is 18.8 Å². The van der Waals surface area contributed by atoms with Gasteiger partial charge in [-0.3, -0.25) is 0 Å². The summed E-state index contributed by atoms with van der Waals surface area (Å²) < 4.78 is 11.2. The fourth-order valence-electron chi connectivity index (χ4n) is 2.01. The molecule has 0 unspecified atom stereocenters. The number of esters is 1. The summed E-state index contributed by atoms with van der Waals surface area (Å²) in [5.41, 5.74) is 0.553. The Hall–Kier alpha value is -1.62. The number of hydrogen-bond donors (Lipinski definition) is 0. The molecule has 0 saturated carbocycles. The van der Waals surface area contributed by atoms with Crippen molar-refractivity contribution in [3.8, 4) is 0 Å². The summed E-state index contributed by atoms with van der Waals surface area (Å²) in [6.45, 7) is 14.9. The maximum absolute atomic E-state index is 12.7. The van der Waals surface area contributed by atoms with Gasteiger partial charge in [-0.15, -0.1) is 0 Å². The summed E-state index contributed by atoms with van der Waals surface area (Å²) in [4.78, 5) is 25.0. The van der Waals surface area contributed by atoms with E-state index in [9.17, 15) is 9.59 Å². The molecule has 0 aliphatic rings. The average molecular weight is 365 g/mol. The zero-order valence-electron chi connectivity index (χ0n) is 16.6. The summed E-state index contributed by atoms with van der Waals surface area (Å²) in [6, 6.07) is 6.71. The van der Waals surface area contributed by atoms with Gasteiger partial charge in [0, 0.05) is 0 Å². The highest BCUT2D eigenvalue weighted by molar-refractivity contribution is 6.75. The second kappa shape index (κ2) is 8.65. The van der Waals surface area contributed by atoms with Crippen molar-refractivity contribution in [2.24, 2.45) is 5.92 Å². The molecular formula is C20H32O4Si. The van der Waals surface area contributed by atoms with Crippen LogP contribution in [0.5, 0.6) is 0 Å². The van der Waals surface area contributed by atoms with Gasteiger partial charge in [-0.2, -0.15) is 0 Å². The number of hydrogen-bond acceptors (Lipinski definition) is 4. The van der Waals surface area contributed by atoms with Crippen LogP contribution in [0, 0.1) is 5.92 Å². The Kier molecular flexibility index (Phi) is 7.41. The van der Waals surface area contributed by atoms with Crippen LogP contribution in [-0.2, 0) is 9.16 Å². The molecule has 4 nitrogen and oxygen atoms in total. The van der Waals surface area contributed by atoms with E-state index < -0.39 is 20.3 Å². The van der Waals surface area contributed by atoms with Crippen molar-refractivity contribution in [3.63, 3.8) is 0 Å². The van der Waals surface area contributed by atoms with E-state index in [1.807, 2.05) is 13.1 Å². The van der Waals surface area contributed by atoms with Crippen LogP contribution >= 0.6 is 0 Å². The predicted octanol–water partition coefficient (Wildman–Crippen LogP) is 5.44. The van der Waals surface area contributed by atoms with Gasteiger partial charge in [0.1, 0.15) is 0 Å². The molecule has 0 heterocycles. The molecule has 5 heteroatoms. The molecule has 140 valence electrons. The number of benzene rings is 1. The smallest absolute Gasteiger partial charge is 0.339 e. The first-order chi connectivity index (χ1) is 11.5. The van der Waals surface area contributed by atoms with Gasteiger partial charge in [-0.25, -0.2) is 9.59 Å². The van der Waals surface area contributed by atoms with Gasteiger partial charge in [0.05, 0.1) is 17.7 Å². The van der Waals surface area contributed by atoms with Gasteiger partial charge in [-0.05, 0) is 49.0 Å². The highest BCUT2D eigenvalue weighted by Gasteiger charge is 2.41. The van der Waals surface area contributed by atoms with Crippen LogP contribution in [-0.4, -0.2) is 26.9 Å². The Morgan fingerprint density at radius 1 is 1.04 bits per heavy atom. The first kappa shape index (κ1) is 21.4. The molecule has 25 heavy (non-hydrogen) atoms. The Bertz CT molecular complexity index is 600. The minimum atomic E-state index is -2.25. The van der Waals surface area contributed by atoms with Crippen LogP contribution in [0.4, 0.5) is 0 Å². The Balaban J connectivity index is 2.85. The Morgan fingerprint density at radius 2 is 1.56 bits per heavy atom. The van der Waals surface area contributed by atoms with Crippen molar-refractivity contribution in [2.45, 2.75) is 65.6 Å². The van der Waals surface area contributed by atoms with Gasteiger partial charge >= 0.3 is 11.9 Å². The topological polar surface area (TPSA) is 52.6 Å². The first-order valence-electron chi connectivity index (χ1n) is 8.95. The third kappa shape index (κ3) is 6.31. The Labute approximate surface area is 153 Å². The number of carbonyl (C=O) groups excluding carboxylic acids is 2. The molecule has 0 aromatic heterocycles. The molecular weight excluding hydrogens is 332 g/mol. The van der Waals surface area contributed by atoms with E-state index in [0.29, 0.717) is 12.5 Å². The average Bonchev–Trinajstić information content (AvgIpc) is 2.49. The molecule has 0 bridgehead atoms. The van der Waals surface area contributed by atoms with E-state index in [1.165, 1.54) is 0 Å². The second-order valence-corrected chi connectivity index (χ2v) is 13.1. The lowest BCUT2D eigenvalue weighted by Crippen LogP contribution is -2.42. The molecule has 0 radical (unpaired) electrons. The number of carbonyl (C=O) groups is 2. The SMILES string of the molecule is CC(C)CCCOC(=O)c1ccccc1C(=O)O[Si](C)(C)C(C)(C)C. The normalized spacial score (nSPS) is 12.2. The van der Waals surface area contributed by atoms with Gasteiger partial charge in [0.2, 0.25) is 0 Å². The third-order valence-electron chi connectivity index (χ3n) is 4.68. The van der Waals surface area contributed by atoms with E-state index in [4.69, 9.17) is 9.16 Å². The van der Waals surface area contributed by atoms with Gasteiger partial charge in [0.25, 0.3) is 8.32 Å². The van der Waals surface area contributed by atoms with Crippen molar-refractivity contribution in [1.29, 1.82) is 0 Å². The van der Waals surface area contributed by atoms with Crippen molar-refractivity contribution in [1.82, 2.24) is 0 Å². The number of rotatable bonds is 7. The fourth-order valence-corrected chi connectivity index (χ4v) is 2.89. The lowest BCUT2D eigenvalue weighted by atomic mass is 10.1. The summed E-state index contributed by atoms with van der Waals surface area (Å²) in [5, 5.41) is -0.0883. The Morgan fingerprint density at radius 3 is 2.04 bits per heavy atom. The molecule has 0 N–H and O–H groups in total. The highest BCUT2D eigenvalue weighted by atomic mass is 28.4. The third-order valence-corrected chi connectivity index (χ3v) is 8.99. The predicted molar refractivity (Wildman–Crippen MR) is 103 cm³/mol. The van der Waals surface area contributed by atoms with Crippen LogP contribution in [0.25, 0.3) is 0 Å². The molecule has 1 aromatic carbocycles. The number of ether oxygens (including phenoxy) is 1. The van der Waals surface area contributed by atoms with Crippen LogP contribution in [0.15, 0.2) is 24.3 Å². The van der Waals surface area contributed by atoms with E-state index in [0.717, 1.165) is 12.8 Å². The summed E-state index contributed by atoms with van der Waals surface area (Å²) >= 11 is 0. The molecule has 1 rings (SSSR count). The van der Waals surface area contributed by atoms with Crippen molar-refractivity contribution in [3.05, 3.63) is 35.4 Å². The van der Waals surface area contributed by atoms with E-state index in [2.05, 4.69) is 34.6 Å². The molecule has 0 spiro atoms. The fraction of sp³-hybridized carbons (Fsp3) is 0.600. The second-order valence-electron chi connectivity index (χ2n) is 8.37. The van der Waals surface area contributed by atoms with Crippen molar-refractivity contribution >= 4 is 20.3 Å². The van der Waals surface area contributed by atoms with E-state index in [-0.39, 0.29) is 16.2 Å². The first-order valence-corrected chi connectivity index (χ1v) is 11.9. The zero-order valence-corrected chi connectivity index (χ0v) is 17.6. The molecule has 0 fully saturated rings. The lowest BCUT2D eigenvalue weighted by Gasteiger charge is -2.35.